The molecule has 1 unspecified atom stereocenters. The number of carbonyl (C=O) groups excluding carboxylic acids is 2. The first-order valence-corrected chi connectivity index (χ1v) is 14.4. The molecule has 0 heterocycles. The Hall–Kier alpha value is -3.60. The highest BCUT2D eigenvalue weighted by atomic mass is 16.6. The van der Waals surface area contributed by atoms with Crippen LogP contribution in [0.25, 0.3) is 11.1 Å². The van der Waals surface area contributed by atoms with Gasteiger partial charge in [0.25, 0.3) is 0 Å². The summed E-state index contributed by atoms with van der Waals surface area (Å²) in [5, 5.41) is 0. The zero-order valence-electron chi connectivity index (χ0n) is 23.6. The van der Waals surface area contributed by atoms with Crippen LogP contribution in [0.1, 0.15) is 99.3 Å². The normalized spacial score (nSPS) is 11.6. The first kappa shape index (κ1) is 29.9. The van der Waals surface area contributed by atoms with Crippen LogP contribution in [0, 0.1) is 0 Å². The van der Waals surface area contributed by atoms with Crippen LogP contribution in [-0.2, 0) is 4.74 Å². The monoisotopic (exact) mass is 530 g/mol. The summed E-state index contributed by atoms with van der Waals surface area (Å²) >= 11 is 0. The maximum atomic E-state index is 12.8. The third kappa shape index (κ3) is 9.90. The Morgan fingerprint density at radius 3 is 1.97 bits per heavy atom. The second-order valence-electron chi connectivity index (χ2n) is 9.96. The highest BCUT2D eigenvalue weighted by Crippen LogP contribution is 2.25. The molecule has 0 bridgehead atoms. The predicted molar refractivity (Wildman–Crippen MR) is 157 cm³/mol. The number of carbonyl (C=O) groups is 2. The van der Waals surface area contributed by atoms with Crippen LogP contribution < -0.4 is 9.47 Å². The number of para-hydroxylation sites is 1. The molecule has 0 saturated heterocycles. The van der Waals surface area contributed by atoms with Gasteiger partial charge in [0.2, 0.25) is 0 Å². The number of rotatable bonds is 16. The molecule has 5 heteroatoms. The van der Waals surface area contributed by atoms with Crippen LogP contribution in [-0.4, -0.2) is 24.6 Å². The molecule has 0 N–H and O–H groups in total. The SMILES string of the molecule is CCCCCCCCCOc1ccc(-c2ccc(C(=O)Oc3ccccc3C(=O)OC(C)CCC)cc2)cc1. The molecule has 208 valence electrons. The molecule has 39 heavy (non-hydrogen) atoms. The van der Waals surface area contributed by atoms with E-state index >= 15 is 0 Å². The Kier molecular flexibility index (Phi) is 12.6. The van der Waals surface area contributed by atoms with Crippen molar-refractivity contribution in [2.75, 3.05) is 6.61 Å². The smallest absolute Gasteiger partial charge is 0.343 e. The van der Waals surface area contributed by atoms with Gasteiger partial charge in [-0.1, -0.05) is 95.2 Å². The second kappa shape index (κ2) is 16.4. The summed E-state index contributed by atoms with van der Waals surface area (Å²) in [5.74, 6) is 0.0284. The molecule has 1 atom stereocenters. The van der Waals surface area contributed by atoms with Gasteiger partial charge in [0.15, 0.2) is 0 Å². The molecule has 0 saturated carbocycles. The zero-order chi connectivity index (χ0) is 27.9. The van der Waals surface area contributed by atoms with E-state index in [2.05, 4.69) is 6.92 Å². The van der Waals surface area contributed by atoms with Gasteiger partial charge in [0.1, 0.15) is 17.1 Å². The molecule has 3 aromatic carbocycles. The Morgan fingerprint density at radius 2 is 1.31 bits per heavy atom. The van der Waals surface area contributed by atoms with Gasteiger partial charge in [0, 0.05) is 0 Å². The van der Waals surface area contributed by atoms with Gasteiger partial charge in [-0.3, -0.25) is 0 Å². The van der Waals surface area contributed by atoms with Crippen molar-refractivity contribution < 1.29 is 23.8 Å². The van der Waals surface area contributed by atoms with Gasteiger partial charge in [-0.15, -0.1) is 0 Å². The maximum absolute atomic E-state index is 12.8. The number of ether oxygens (including phenoxy) is 3. The quantitative estimate of drug-likeness (QED) is 0.105. The predicted octanol–water partition coefficient (Wildman–Crippen LogP) is 9.05. The van der Waals surface area contributed by atoms with Gasteiger partial charge in [-0.25, -0.2) is 9.59 Å². The van der Waals surface area contributed by atoms with E-state index in [1.165, 1.54) is 38.5 Å². The molecule has 5 nitrogen and oxygen atoms in total. The van der Waals surface area contributed by atoms with Gasteiger partial charge in [-0.05, 0) is 67.3 Å². The summed E-state index contributed by atoms with van der Waals surface area (Å²) in [6, 6.07) is 21.9. The lowest BCUT2D eigenvalue weighted by atomic mass is 10.0. The largest absolute Gasteiger partial charge is 0.494 e. The van der Waals surface area contributed by atoms with Crippen LogP contribution in [0.5, 0.6) is 11.5 Å². The number of hydrogen-bond donors (Lipinski definition) is 0. The molecule has 0 aliphatic heterocycles. The average molecular weight is 531 g/mol. The van der Waals surface area contributed by atoms with Crippen molar-refractivity contribution in [2.45, 2.75) is 84.7 Å². The van der Waals surface area contributed by atoms with Crippen molar-refractivity contribution in [1.29, 1.82) is 0 Å². The fraction of sp³-hybridized carbons (Fsp3) is 0.412. The van der Waals surface area contributed by atoms with Gasteiger partial charge < -0.3 is 14.2 Å². The molecule has 0 aliphatic rings. The molecule has 0 spiro atoms. The number of unbranched alkanes of at least 4 members (excludes halogenated alkanes) is 6. The van der Waals surface area contributed by atoms with E-state index in [0.717, 1.165) is 42.7 Å². The summed E-state index contributed by atoms with van der Waals surface area (Å²) in [4.78, 5) is 25.4. The lowest BCUT2D eigenvalue weighted by Crippen LogP contribution is -2.17. The standard InChI is InChI=1S/C34H42O5/c1-4-6-7-8-9-10-13-25-37-30-23-21-28(22-24-30)27-17-19-29(20-18-27)33(35)39-32-16-12-11-15-31(32)34(36)38-26(3)14-5-2/h11-12,15-24,26H,4-10,13-14,25H2,1-3H3. The molecule has 0 radical (unpaired) electrons. The van der Waals surface area contributed by atoms with Gasteiger partial charge in [0.05, 0.1) is 18.3 Å². The van der Waals surface area contributed by atoms with Crippen molar-refractivity contribution in [3.05, 3.63) is 83.9 Å². The van der Waals surface area contributed by atoms with E-state index in [0.29, 0.717) is 5.56 Å². The topological polar surface area (TPSA) is 61.8 Å². The highest BCUT2D eigenvalue weighted by molar-refractivity contribution is 5.96. The average Bonchev–Trinajstić information content (AvgIpc) is 2.95. The molecular formula is C34H42O5. The minimum Gasteiger partial charge on any atom is -0.494 e. The van der Waals surface area contributed by atoms with Crippen LogP contribution in [0.15, 0.2) is 72.8 Å². The molecule has 0 aromatic heterocycles. The minimum absolute atomic E-state index is 0.187. The summed E-state index contributed by atoms with van der Waals surface area (Å²) in [6.07, 6.45) is 10.3. The van der Waals surface area contributed by atoms with Gasteiger partial charge in [-0.2, -0.15) is 0 Å². The van der Waals surface area contributed by atoms with Crippen LogP contribution in [0.4, 0.5) is 0 Å². The number of benzene rings is 3. The summed E-state index contributed by atoms with van der Waals surface area (Å²) in [7, 11) is 0. The number of hydrogen-bond acceptors (Lipinski definition) is 5. The third-order valence-electron chi connectivity index (χ3n) is 6.64. The molecule has 3 rings (SSSR count). The summed E-state index contributed by atoms with van der Waals surface area (Å²) in [5.41, 5.74) is 2.65. The molecule has 0 fully saturated rings. The lowest BCUT2D eigenvalue weighted by molar-refractivity contribution is 0.0319. The van der Waals surface area contributed by atoms with Crippen LogP contribution in [0.3, 0.4) is 0 Å². The Labute approximate surface area is 233 Å². The zero-order valence-corrected chi connectivity index (χ0v) is 23.6. The van der Waals surface area contributed by atoms with Crippen LogP contribution in [0.2, 0.25) is 0 Å². The second-order valence-corrected chi connectivity index (χ2v) is 9.96. The van der Waals surface area contributed by atoms with E-state index in [1.54, 1.807) is 36.4 Å². The maximum Gasteiger partial charge on any atom is 0.343 e. The summed E-state index contributed by atoms with van der Waals surface area (Å²) < 4.78 is 17.0. The van der Waals surface area contributed by atoms with Crippen molar-refractivity contribution in [2.24, 2.45) is 0 Å². The minimum atomic E-state index is -0.530. The van der Waals surface area contributed by atoms with E-state index in [9.17, 15) is 9.59 Å². The fourth-order valence-corrected chi connectivity index (χ4v) is 4.39. The Bertz CT molecular complexity index is 1150. The van der Waals surface area contributed by atoms with Crippen molar-refractivity contribution in [1.82, 2.24) is 0 Å². The summed E-state index contributed by atoms with van der Waals surface area (Å²) in [6.45, 7) is 6.87. The molecular weight excluding hydrogens is 488 g/mol. The van der Waals surface area contributed by atoms with E-state index in [4.69, 9.17) is 14.2 Å². The van der Waals surface area contributed by atoms with E-state index < -0.39 is 11.9 Å². The fourth-order valence-electron chi connectivity index (χ4n) is 4.39. The van der Waals surface area contributed by atoms with E-state index in [-0.39, 0.29) is 17.4 Å². The van der Waals surface area contributed by atoms with Crippen molar-refractivity contribution in [3.8, 4) is 22.6 Å². The molecule has 0 amide bonds. The van der Waals surface area contributed by atoms with Crippen LogP contribution >= 0.6 is 0 Å². The Morgan fingerprint density at radius 1 is 0.692 bits per heavy atom. The number of esters is 2. The molecule has 3 aromatic rings. The first-order chi connectivity index (χ1) is 19.0. The lowest BCUT2D eigenvalue weighted by Gasteiger charge is -2.14. The third-order valence-corrected chi connectivity index (χ3v) is 6.64. The van der Waals surface area contributed by atoms with Gasteiger partial charge >= 0.3 is 11.9 Å². The van der Waals surface area contributed by atoms with Crippen molar-refractivity contribution in [3.63, 3.8) is 0 Å². The van der Waals surface area contributed by atoms with Crippen molar-refractivity contribution >= 4 is 11.9 Å². The van der Waals surface area contributed by atoms with E-state index in [1.807, 2.05) is 50.2 Å². The highest BCUT2D eigenvalue weighted by Gasteiger charge is 2.19. The Balaban J connectivity index is 1.52. The molecule has 0 aliphatic carbocycles. The first-order valence-electron chi connectivity index (χ1n) is 14.4.